The van der Waals surface area contributed by atoms with Crippen LogP contribution in [0.25, 0.3) is 0 Å². The highest BCUT2D eigenvalue weighted by molar-refractivity contribution is 4.76. The van der Waals surface area contributed by atoms with E-state index in [1.807, 2.05) is 0 Å². The second-order valence-electron chi connectivity index (χ2n) is 5.97. The normalized spacial score (nSPS) is 17.5. The number of hydrogen-bond acceptors (Lipinski definition) is 1. The summed E-state index contributed by atoms with van der Waals surface area (Å²) >= 11 is 0. The average molecular weight is 347 g/mol. The van der Waals surface area contributed by atoms with Crippen LogP contribution in [0, 0.1) is 0 Å². The third kappa shape index (κ3) is 9.82. The predicted molar refractivity (Wildman–Crippen MR) is 84.1 cm³/mol. The third-order valence-corrected chi connectivity index (χ3v) is 4.18. The van der Waals surface area contributed by atoms with Crippen LogP contribution in [0.15, 0.2) is 12.4 Å². The van der Waals surface area contributed by atoms with E-state index in [-0.39, 0.29) is 17.0 Å². The Morgan fingerprint density at radius 2 is 1.40 bits per heavy atom. The molecule has 120 valence electrons. The van der Waals surface area contributed by atoms with Gasteiger partial charge in [0.2, 0.25) is 0 Å². The molecule has 0 fully saturated rings. The monoisotopic (exact) mass is 346 g/mol. The molecule has 1 atom stereocenters. The van der Waals surface area contributed by atoms with Gasteiger partial charge in [0.05, 0.1) is 12.7 Å². The number of quaternary nitrogens is 1. The van der Waals surface area contributed by atoms with E-state index >= 15 is 0 Å². The van der Waals surface area contributed by atoms with Gasteiger partial charge < -0.3 is 21.9 Å². The molecule has 1 unspecified atom stereocenters. The summed E-state index contributed by atoms with van der Waals surface area (Å²) in [5.74, 6) is 0. The molecular weight excluding hydrogens is 312 g/mol. The van der Waals surface area contributed by atoms with Gasteiger partial charge in [-0.2, -0.15) is 0 Å². The maximum absolute atomic E-state index is 2.39. The van der Waals surface area contributed by atoms with Gasteiger partial charge in [-0.15, -0.1) is 0 Å². The lowest BCUT2D eigenvalue weighted by Gasteiger charge is -2.14. The van der Waals surface area contributed by atoms with Crippen LogP contribution in [-0.4, -0.2) is 24.7 Å². The van der Waals surface area contributed by atoms with Crippen LogP contribution in [0.2, 0.25) is 0 Å². The Balaban J connectivity index is 0.00000361. The van der Waals surface area contributed by atoms with Crippen molar-refractivity contribution >= 4 is 0 Å². The van der Waals surface area contributed by atoms with Gasteiger partial charge in [-0.25, -0.2) is 0 Å². The Labute approximate surface area is 137 Å². The molecule has 0 aromatic heterocycles. The molecule has 0 aromatic rings. The first-order valence-electron chi connectivity index (χ1n) is 8.63. The largest absolute Gasteiger partial charge is 1.00 e. The summed E-state index contributed by atoms with van der Waals surface area (Å²) in [5.41, 5.74) is 0. The molecule has 0 amide bonds. The quantitative estimate of drug-likeness (QED) is 0.507. The van der Waals surface area contributed by atoms with Gasteiger partial charge in [0.1, 0.15) is 6.20 Å². The zero-order valence-corrected chi connectivity index (χ0v) is 15.3. The molecule has 20 heavy (non-hydrogen) atoms. The van der Waals surface area contributed by atoms with Crippen molar-refractivity contribution in [2.45, 2.75) is 78.1 Å². The number of hydrogen-bond donors (Lipinski definition) is 1. The lowest BCUT2D eigenvalue weighted by atomic mass is 10.1. The molecule has 0 spiro atoms. The Bertz CT molecular complexity index is 231. The molecular formula is C17H35BrN2. The standard InChI is InChI=1S/C17H34N2.BrH/c1-3-5-6-7-8-9-10-11-12-13-14-19-16-15-18(4-2)17-19;/h15-16H,3-14,17H2,1-2H3;1H. The van der Waals surface area contributed by atoms with E-state index < -0.39 is 0 Å². The fraction of sp³-hybridized carbons (Fsp3) is 0.882. The van der Waals surface area contributed by atoms with Crippen LogP contribution in [-0.2, 0) is 0 Å². The molecule has 1 aliphatic heterocycles. The van der Waals surface area contributed by atoms with Crippen molar-refractivity contribution in [3.05, 3.63) is 12.4 Å². The van der Waals surface area contributed by atoms with Crippen LogP contribution in [0.4, 0.5) is 0 Å². The summed E-state index contributed by atoms with van der Waals surface area (Å²) in [5, 5.41) is 0. The Morgan fingerprint density at radius 3 is 1.90 bits per heavy atom. The van der Waals surface area contributed by atoms with Crippen LogP contribution < -0.4 is 21.9 Å². The minimum Gasteiger partial charge on any atom is -1.00 e. The molecule has 1 aliphatic rings. The fourth-order valence-electron chi connectivity index (χ4n) is 2.80. The zero-order chi connectivity index (χ0) is 13.8. The highest BCUT2D eigenvalue weighted by Gasteiger charge is 2.14. The Hall–Kier alpha value is -0.0200. The minimum atomic E-state index is 0. The fourth-order valence-corrected chi connectivity index (χ4v) is 2.80. The summed E-state index contributed by atoms with van der Waals surface area (Å²) in [6.45, 7) is 8.18. The molecule has 0 radical (unpaired) electrons. The molecule has 1 heterocycles. The molecule has 0 aromatic carbocycles. The van der Waals surface area contributed by atoms with Crippen molar-refractivity contribution in [3.63, 3.8) is 0 Å². The highest BCUT2D eigenvalue weighted by atomic mass is 79.9. The van der Waals surface area contributed by atoms with Gasteiger partial charge in [0.15, 0.2) is 6.67 Å². The lowest BCUT2D eigenvalue weighted by Crippen LogP contribution is -3.07. The van der Waals surface area contributed by atoms with Crippen molar-refractivity contribution in [2.75, 3.05) is 19.8 Å². The topological polar surface area (TPSA) is 7.68 Å². The van der Waals surface area contributed by atoms with E-state index in [0.717, 1.165) is 6.54 Å². The van der Waals surface area contributed by atoms with Gasteiger partial charge in [-0.05, 0) is 19.8 Å². The summed E-state index contributed by atoms with van der Waals surface area (Å²) in [4.78, 5) is 4.03. The average Bonchev–Trinajstić information content (AvgIpc) is 2.89. The second-order valence-corrected chi connectivity index (χ2v) is 5.97. The van der Waals surface area contributed by atoms with Crippen molar-refractivity contribution in [1.82, 2.24) is 4.90 Å². The molecule has 1 rings (SSSR count). The number of rotatable bonds is 12. The van der Waals surface area contributed by atoms with Crippen LogP contribution in [0.1, 0.15) is 78.1 Å². The van der Waals surface area contributed by atoms with Crippen molar-refractivity contribution in [3.8, 4) is 0 Å². The second kappa shape index (κ2) is 13.9. The zero-order valence-electron chi connectivity index (χ0n) is 13.7. The van der Waals surface area contributed by atoms with E-state index in [1.165, 1.54) is 77.4 Å². The summed E-state index contributed by atoms with van der Waals surface area (Å²) < 4.78 is 0. The molecule has 0 aliphatic carbocycles. The number of halogens is 1. The first-order chi connectivity index (χ1) is 9.36. The minimum absolute atomic E-state index is 0. The maximum atomic E-state index is 2.39. The Morgan fingerprint density at radius 1 is 0.850 bits per heavy atom. The molecule has 0 bridgehead atoms. The van der Waals surface area contributed by atoms with Crippen molar-refractivity contribution in [1.29, 1.82) is 0 Å². The van der Waals surface area contributed by atoms with Gasteiger partial charge in [-0.1, -0.05) is 58.3 Å². The molecule has 0 saturated carbocycles. The molecule has 3 heteroatoms. The van der Waals surface area contributed by atoms with Gasteiger partial charge in [0, 0.05) is 6.54 Å². The number of nitrogens with zero attached hydrogens (tertiary/aromatic N) is 1. The number of unbranched alkanes of at least 4 members (excludes halogenated alkanes) is 9. The Kier molecular flexibility index (Phi) is 13.9. The van der Waals surface area contributed by atoms with E-state index in [2.05, 4.69) is 31.1 Å². The van der Waals surface area contributed by atoms with Crippen LogP contribution >= 0.6 is 0 Å². The van der Waals surface area contributed by atoms with E-state index in [0.29, 0.717) is 0 Å². The van der Waals surface area contributed by atoms with Gasteiger partial charge in [-0.3, -0.25) is 4.90 Å². The predicted octanol–water partition coefficient (Wildman–Crippen LogP) is 0.560. The summed E-state index contributed by atoms with van der Waals surface area (Å²) in [6, 6.07) is 0. The highest BCUT2D eigenvalue weighted by Crippen LogP contribution is 2.10. The van der Waals surface area contributed by atoms with Crippen molar-refractivity contribution in [2.24, 2.45) is 0 Å². The van der Waals surface area contributed by atoms with Crippen molar-refractivity contribution < 1.29 is 21.9 Å². The van der Waals surface area contributed by atoms with E-state index in [1.54, 1.807) is 4.90 Å². The third-order valence-electron chi connectivity index (χ3n) is 4.18. The van der Waals surface area contributed by atoms with Gasteiger partial charge in [0.25, 0.3) is 0 Å². The number of nitrogens with one attached hydrogen (secondary N) is 1. The van der Waals surface area contributed by atoms with Crippen LogP contribution in [0.3, 0.4) is 0 Å². The van der Waals surface area contributed by atoms with E-state index in [4.69, 9.17) is 0 Å². The summed E-state index contributed by atoms with van der Waals surface area (Å²) in [6.07, 6.45) is 19.0. The van der Waals surface area contributed by atoms with Crippen LogP contribution in [0.5, 0.6) is 0 Å². The summed E-state index contributed by atoms with van der Waals surface area (Å²) in [7, 11) is 0. The first-order valence-corrected chi connectivity index (χ1v) is 8.63. The molecule has 1 N–H and O–H groups in total. The lowest BCUT2D eigenvalue weighted by molar-refractivity contribution is -0.849. The maximum Gasteiger partial charge on any atom is 0.156 e. The smallest absolute Gasteiger partial charge is 0.156 e. The molecule has 0 saturated heterocycles. The van der Waals surface area contributed by atoms with Gasteiger partial charge >= 0.3 is 0 Å². The SMILES string of the molecule is CCCCCCCCCCCC[NH+]1C=CN(CC)C1.[Br-]. The first kappa shape index (κ1) is 20.0. The molecule has 2 nitrogen and oxygen atoms in total. The van der Waals surface area contributed by atoms with E-state index in [9.17, 15) is 0 Å².